The van der Waals surface area contributed by atoms with Crippen LogP contribution in [0.2, 0.25) is 0 Å². The molecule has 1 unspecified atom stereocenters. The molecule has 1 aliphatic heterocycles. The Morgan fingerprint density at radius 2 is 1.74 bits per heavy atom. The number of ether oxygens (including phenoxy) is 1. The summed E-state index contributed by atoms with van der Waals surface area (Å²) in [7, 11) is -7.18. The molecular formula is C24H33N3O6S2. The number of amides is 1. The molecule has 0 aromatic heterocycles. The lowest BCUT2D eigenvalue weighted by Gasteiger charge is -2.30. The lowest BCUT2D eigenvalue weighted by Crippen LogP contribution is -2.50. The lowest BCUT2D eigenvalue weighted by molar-refractivity contribution is -0.122. The highest BCUT2D eigenvalue weighted by Crippen LogP contribution is 2.24. The van der Waals surface area contributed by atoms with Gasteiger partial charge < -0.3 is 10.1 Å². The first-order chi connectivity index (χ1) is 16.5. The van der Waals surface area contributed by atoms with Crippen LogP contribution in [-0.4, -0.2) is 65.6 Å². The molecule has 1 saturated heterocycles. The molecule has 2 aromatic rings. The van der Waals surface area contributed by atoms with Crippen molar-refractivity contribution < 1.29 is 26.4 Å². The summed E-state index contributed by atoms with van der Waals surface area (Å²) in [6, 6.07) is 12.3. The van der Waals surface area contributed by atoms with Crippen LogP contribution in [0.15, 0.2) is 53.4 Å². The van der Waals surface area contributed by atoms with Crippen molar-refractivity contribution in [1.82, 2.24) is 9.62 Å². The number of hydrogen-bond acceptors (Lipinski definition) is 6. The van der Waals surface area contributed by atoms with Crippen molar-refractivity contribution in [2.45, 2.75) is 44.0 Å². The highest BCUT2D eigenvalue weighted by Gasteiger charge is 2.31. The Labute approximate surface area is 208 Å². The van der Waals surface area contributed by atoms with E-state index < -0.39 is 32.0 Å². The van der Waals surface area contributed by atoms with E-state index in [2.05, 4.69) is 5.32 Å². The lowest BCUT2D eigenvalue weighted by atomic mass is 10.1. The average molecular weight is 524 g/mol. The molecule has 0 bridgehead atoms. The van der Waals surface area contributed by atoms with Crippen LogP contribution in [0, 0.1) is 6.92 Å². The fraction of sp³-hybridized carbons (Fsp3) is 0.458. The first-order valence-corrected chi connectivity index (χ1v) is 14.9. The molecule has 1 N–H and O–H groups in total. The van der Waals surface area contributed by atoms with Crippen molar-refractivity contribution in [2.24, 2.45) is 0 Å². The summed E-state index contributed by atoms with van der Waals surface area (Å²) in [6.45, 7) is 5.00. The second-order valence-corrected chi connectivity index (χ2v) is 12.3. The van der Waals surface area contributed by atoms with E-state index in [1.54, 1.807) is 37.3 Å². The Kier molecular flexibility index (Phi) is 8.79. The molecule has 192 valence electrons. The zero-order chi connectivity index (χ0) is 25.6. The van der Waals surface area contributed by atoms with Gasteiger partial charge in [-0.3, -0.25) is 9.10 Å². The van der Waals surface area contributed by atoms with E-state index in [4.69, 9.17) is 4.74 Å². The summed E-state index contributed by atoms with van der Waals surface area (Å²) in [4.78, 5) is 13.1. The molecule has 1 atom stereocenters. The van der Waals surface area contributed by atoms with Crippen LogP contribution in [0.4, 0.5) is 5.69 Å². The third-order valence-electron chi connectivity index (χ3n) is 5.78. The van der Waals surface area contributed by atoms with Gasteiger partial charge in [-0.25, -0.2) is 16.8 Å². The topological polar surface area (TPSA) is 113 Å². The van der Waals surface area contributed by atoms with Crippen molar-refractivity contribution >= 4 is 31.6 Å². The molecule has 11 heteroatoms. The quantitative estimate of drug-likeness (QED) is 0.453. The number of hydrogen-bond donors (Lipinski definition) is 1. The smallest absolute Gasteiger partial charge is 0.244 e. The molecule has 3 rings (SSSR count). The van der Waals surface area contributed by atoms with Gasteiger partial charge in [0.15, 0.2) is 0 Å². The molecule has 0 saturated carbocycles. The normalized spacial score (nSPS) is 15.5. The summed E-state index contributed by atoms with van der Waals surface area (Å²) < 4.78 is 58.5. The zero-order valence-corrected chi connectivity index (χ0v) is 21.9. The van der Waals surface area contributed by atoms with Crippen molar-refractivity contribution in [2.75, 3.05) is 36.8 Å². The fourth-order valence-electron chi connectivity index (χ4n) is 4.07. The zero-order valence-electron chi connectivity index (χ0n) is 20.3. The molecule has 0 radical (unpaired) electrons. The monoisotopic (exact) mass is 523 g/mol. The minimum absolute atomic E-state index is 0.143. The highest BCUT2D eigenvalue weighted by atomic mass is 32.2. The fourth-order valence-corrected chi connectivity index (χ4v) is 6.79. The molecule has 0 aliphatic carbocycles. The standard InChI is InChI=1S/C24H33N3O6S2/c1-4-23(27(34(3,29)30)20-9-7-8-19(2)18-20)24(28)25-14-17-33-21-10-12-22(13-11-21)35(31,32)26-15-5-6-16-26/h7-13,18,23H,4-6,14-17H2,1-3H3,(H,25,28). The number of benzene rings is 2. The molecule has 0 spiro atoms. The van der Waals surface area contributed by atoms with Crippen LogP contribution in [-0.2, 0) is 24.8 Å². The molecule has 2 aromatic carbocycles. The van der Waals surface area contributed by atoms with Crippen LogP contribution in [0.3, 0.4) is 0 Å². The Balaban J connectivity index is 1.57. The molecule has 35 heavy (non-hydrogen) atoms. The molecule has 1 aliphatic rings. The van der Waals surface area contributed by atoms with Gasteiger partial charge in [0, 0.05) is 13.1 Å². The van der Waals surface area contributed by atoms with Crippen LogP contribution < -0.4 is 14.4 Å². The van der Waals surface area contributed by atoms with Gasteiger partial charge in [0.2, 0.25) is 26.0 Å². The Bertz CT molecular complexity index is 1220. The number of carbonyl (C=O) groups is 1. The average Bonchev–Trinajstić information content (AvgIpc) is 3.35. The maximum atomic E-state index is 12.9. The maximum absolute atomic E-state index is 12.9. The van der Waals surface area contributed by atoms with Crippen molar-refractivity contribution in [3.63, 3.8) is 0 Å². The SMILES string of the molecule is CCC(C(=O)NCCOc1ccc(S(=O)(=O)N2CCCC2)cc1)N(c1cccc(C)c1)S(C)(=O)=O. The Morgan fingerprint density at radius 1 is 1.09 bits per heavy atom. The number of rotatable bonds is 11. The number of sulfonamides is 2. The number of nitrogens with zero attached hydrogens (tertiary/aromatic N) is 2. The minimum atomic E-state index is -3.70. The third-order valence-corrected chi connectivity index (χ3v) is 8.88. The second kappa shape index (κ2) is 11.4. The van der Waals surface area contributed by atoms with Gasteiger partial charge in [-0.15, -0.1) is 0 Å². The van der Waals surface area contributed by atoms with E-state index in [1.165, 1.54) is 16.4 Å². The summed E-state index contributed by atoms with van der Waals surface area (Å²) >= 11 is 0. The van der Waals surface area contributed by atoms with Gasteiger partial charge in [-0.2, -0.15) is 4.31 Å². The molecule has 1 amide bonds. The van der Waals surface area contributed by atoms with Gasteiger partial charge in [0.05, 0.1) is 23.4 Å². The van der Waals surface area contributed by atoms with Gasteiger partial charge in [0.25, 0.3) is 0 Å². The van der Waals surface area contributed by atoms with Crippen molar-refractivity contribution in [1.29, 1.82) is 0 Å². The summed E-state index contributed by atoms with van der Waals surface area (Å²) in [6.07, 6.45) is 3.12. The predicted molar refractivity (Wildman–Crippen MR) is 136 cm³/mol. The Morgan fingerprint density at radius 3 is 2.31 bits per heavy atom. The van der Waals surface area contributed by atoms with Gasteiger partial charge in [-0.1, -0.05) is 19.1 Å². The van der Waals surface area contributed by atoms with Crippen LogP contribution in [0.25, 0.3) is 0 Å². The van der Waals surface area contributed by atoms with E-state index in [0.29, 0.717) is 30.9 Å². The van der Waals surface area contributed by atoms with Gasteiger partial charge >= 0.3 is 0 Å². The first-order valence-electron chi connectivity index (χ1n) is 11.6. The van der Waals surface area contributed by atoms with Crippen molar-refractivity contribution in [3.8, 4) is 5.75 Å². The van der Waals surface area contributed by atoms with Gasteiger partial charge in [0.1, 0.15) is 18.4 Å². The molecular weight excluding hydrogens is 490 g/mol. The predicted octanol–water partition coefficient (Wildman–Crippen LogP) is 2.52. The van der Waals surface area contributed by atoms with Crippen LogP contribution in [0.1, 0.15) is 31.7 Å². The summed E-state index contributed by atoms with van der Waals surface area (Å²) in [5.74, 6) is 0.0549. The van der Waals surface area contributed by atoms with E-state index in [9.17, 15) is 21.6 Å². The summed E-state index contributed by atoms with van der Waals surface area (Å²) in [5, 5.41) is 2.74. The van der Waals surface area contributed by atoms with Crippen molar-refractivity contribution in [3.05, 3.63) is 54.1 Å². The van der Waals surface area contributed by atoms with E-state index in [0.717, 1.165) is 29.0 Å². The van der Waals surface area contributed by atoms with Crippen LogP contribution in [0.5, 0.6) is 5.75 Å². The minimum Gasteiger partial charge on any atom is -0.492 e. The van der Waals surface area contributed by atoms with Crippen LogP contribution >= 0.6 is 0 Å². The summed E-state index contributed by atoms with van der Waals surface area (Å²) in [5.41, 5.74) is 1.33. The maximum Gasteiger partial charge on any atom is 0.244 e. The largest absolute Gasteiger partial charge is 0.492 e. The number of anilines is 1. The van der Waals surface area contributed by atoms with Gasteiger partial charge in [-0.05, 0) is 68.1 Å². The Hall–Kier alpha value is -2.63. The third kappa shape index (κ3) is 6.74. The first kappa shape index (κ1) is 27.0. The molecule has 1 heterocycles. The number of nitrogens with one attached hydrogen (secondary N) is 1. The highest BCUT2D eigenvalue weighted by molar-refractivity contribution is 7.92. The van der Waals surface area contributed by atoms with E-state index in [-0.39, 0.29) is 18.0 Å². The molecule has 9 nitrogen and oxygen atoms in total. The second-order valence-electron chi connectivity index (χ2n) is 8.54. The number of aryl methyl sites for hydroxylation is 1. The van der Waals surface area contributed by atoms with E-state index in [1.807, 2.05) is 13.0 Å². The molecule has 1 fully saturated rings. The van der Waals surface area contributed by atoms with E-state index >= 15 is 0 Å². The number of carbonyl (C=O) groups excluding carboxylic acids is 1.